The van der Waals surface area contributed by atoms with Gasteiger partial charge in [0.25, 0.3) is 0 Å². The lowest BCUT2D eigenvalue weighted by molar-refractivity contribution is -0.147. The predicted octanol–water partition coefficient (Wildman–Crippen LogP) is 4.24. The molecular weight excluding hydrogens is 428 g/mol. The summed E-state index contributed by atoms with van der Waals surface area (Å²) < 4.78 is 14.9. The molecule has 8 nitrogen and oxygen atoms in total. The number of rotatable bonds is 5. The van der Waals surface area contributed by atoms with Crippen LogP contribution in [0, 0.1) is 0 Å². The van der Waals surface area contributed by atoms with E-state index in [0.29, 0.717) is 5.82 Å². The van der Waals surface area contributed by atoms with Gasteiger partial charge in [0.05, 0.1) is 16.9 Å². The van der Waals surface area contributed by atoms with Crippen LogP contribution in [0.5, 0.6) is 0 Å². The number of hydrogen-bond donors (Lipinski definition) is 2. The van der Waals surface area contributed by atoms with Crippen LogP contribution in [0.25, 0.3) is 21.9 Å². The second-order valence-corrected chi connectivity index (χ2v) is 9.45. The number of nitrogen functional groups attached to an aromatic ring is 1. The summed E-state index contributed by atoms with van der Waals surface area (Å²) in [6.45, 7) is 3.95. The summed E-state index contributed by atoms with van der Waals surface area (Å²) in [5, 5.41) is 5.10. The van der Waals surface area contributed by atoms with Crippen molar-refractivity contribution in [3.63, 3.8) is 0 Å². The van der Waals surface area contributed by atoms with Crippen molar-refractivity contribution in [3.05, 3.63) is 66.1 Å². The van der Waals surface area contributed by atoms with Crippen LogP contribution in [0.4, 0.5) is 11.6 Å². The second kappa shape index (κ2) is 7.78. The molecule has 1 fully saturated rings. The quantitative estimate of drug-likeness (QED) is 0.433. The molecule has 0 radical (unpaired) electrons. The molecule has 4 aromatic rings. The first-order valence-electron chi connectivity index (χ1n) is 11.6. The SMILES string of the molecule is CNc1ccc2ccc(CCC3=C[C@@H](n4ccc5c(N)ncnc54)[C@@H]4OC(C)(C)O[C@H]34)cc2n1. The fraction of sp³-hybridized carbons (Fsp3) is 0.346. The van der Waals surface area contributed by atoms with E-state index >= 15 is 0 Å². The summed E-state index contributed by atoms with van der Waals surface area (Å²) in [7, 11) is 1.89. The molecule has 3 N–H and O–H groups in total. The Morgan fingerprint density at radius 3 is 2.79 bits per heavy atom. The van der Waals surface area contributed by atoms with Crippen molar-refractivity contribution < 1.29 is 9.47 Å². The molecule has 174 valence electrons. The summed E-state index contributed by atoms with van der Waals surface area (Å²) in [5.41, 5.74) is 10.4. The van der Waals surface area contributed by atoms with Crippen LogP contribution >= 0.6 is 0 Å². The lowest BCUT2D eigenvalue weighted by Crippen LogP contribution is -2.27. The number of anilines is 2. The molecule has 1 aliphatic carbocycles. The van der Waals surface area contributed by atoms with Crippen molar-refractivity contribution in [2.45, 2.75) is 50.7 Å². The third-order valence-electron chi connectivity index (χ3n) is 6.79. The van der Waals surface area contributed by atoms with Crippen molar-refractivity contribution >= 4 is 33.6 Å². The molecule has 3 aromatic heterocycles. The maximum Gasteiger partial charge on any atom is 0.164 e. The zero-order chi connectivity index (χ0) is 23.4. The van der Waals surface area contributed by atoms with Gasteiger partial charge in [-0.15, -0.1) is 0 Å². The summed E-state index contributed by atoms with van der Waals surface area (Å²) >= 11 is 0. The first-order chi connectivity index (χ1) is 16.4. The highest BCUT2D eigenvalue weighted by molar-refractivity contribution is 5.86. The molecule has 4 heterocycles. The molecule has 1 aromatic carbocycles. The van der Waals surface area contributed by atoms with Gasteiger partial charge in [0, 0.05) is 18.6 Å². The highest BCUT2D eigenvalue weighted by atomic mass is 16.8. The van der Waals surface area contributed by atoms with E-state index in [0.717, 1.165) is 40.6 Å². The molecule has 1 aliphatic heterocycles. The van der Waals surface area contributed by atoms with Gasteiger partial charge in [0.2, 0.25) is 0 Å². The van der Waals surface area contributed by atoms with Crippen molar-refractivity contribution in [2.24, 2.45) is 0 Å². The van der Waals surface area contributed by atoms with Gasteiger partial charge < -0.3 is 25.1 Å². The summed E-state index contributed by atoms with van der Waals surface area (Å²) in [4.78, 5) is 13.3. The molecule has 6 rings (SSSR count). The smallest absolute Gasteiger partial charge is 0.164 e. The topological polar surface area (TPSA) is 100 Å². The molecule has 8 heteroatoms. The summed E-state index contributed by atoms with van der Waals surface area (Å²) in [5.74, 6) is 0.717. The summed E-state index contributed by atoms with van der Waals surface area (Å²) in [6, 6.07) is 12.5. The Morgan fingerprint density at radius 2 is 1.94 bits per heavy atom. The fourth-order valence-corrected chi connectivity index (χ4v) is 5.18. The van der Waals surface area contributed by atoms with Gasteiger partial charge in [0.15, 0.2) is 5.79 Å². The van der Waals surface area contributed by atoms with Crippen molar-refractivity contribution in [1.29, 1.82) is 0 Å². The molecule has 1 saturated heterocycles. The van der Waals surface area contributed by atoms with E-state index in [2.05, 4.69) is 50.2 Å². The van der Waals surface area contributed by atoms with Gasteiger partial charge in [-0.2, -0.15) is 0 Å². The Hall–Kier alpha value is -3.49. The monoisotopic (exact) mass is 456 g/mol. The average molecular weight is 457 g/mol. The third-order valence-corrected chi connectivity index (χ3v) is 6.79. The minimum absolute atomic E-state index is 0.0231. The lowest BCUT2D eigenvalue weighted by Gasteiger charge is -2.22. The Bertz CT molecular complexity index is 1430. The number of nitrogens with zero attached hydrogens (tertiary/aromatic N) is 4. The van der Waals surface area contributed by atoms with Gasteiger partial charge >= 0.3 is 0 Å². The van der Waals surface area contributed by atoms with Crippen molar-refractivity contribution in [2.75, 3.05) is 18.1 Å². The molecule has 3 atom stereocenters. The van der Waals surface area contributed by atoms with Gasteiger partial charge in [-0.25, -0.2) is 15.0 Å². The summed E-state index contributed by atoms with van der Waals surface area (Å²) in [6.07, 6.45) is 7.37. The van der Waals surface area contributed by atoms with Crippen molar-refractivity contribution in [1.82, 2.24) is 19.5 Å². The normalized spacial score (nSPS) is 23.4. The molecule has 0 saturated carbocycles. The number of aryl methyl sites for hydroxylation is 1. The van der Waals surface area contributed by atoms with Crippen LogP contribution in [0.15, 0.2) is 60.6 Å². The van der Waals surface area contributed by atoms with E-state index < -0.39 is 5.79 Å². The Morgan fingerprint density at radius 1 is 1.09 bits per heavy atom. The lowest BCUT2D eigenvalue weighted by atomic mass is 10.0. The number of ether oxygens (including phenoxy) is 2. The predicted molar refractivity (Wildman–Crippen MR) is 132 cm³/mol. The molecule has 0 spiro atoms. The molecular formula is C26H28N6O2. The largest absolute Gasteiger partial charge is 0.383 e. The highest BCUT2D eigenvalue weighted by Gasteiger charge is 2.50. The van der Waals surface area contributed by atoms with Crippen LogP contribution in [-0.4, -0.2) is 44.6 Å². The van der Waals surface area contributed by atoms with E-state index in [9.17, 15) is 0 Å². The van der Waals surface area contributed by atoms with Gasteiger partial charge in [-0.1, -0.05) is 18.2 Å². The van der Waals surface area contributed by atoms with Gasteiger partial charge in [-0.3, -0.25) is 0 Å². The highest BCUT2D eigenvalue weighted by Crippen LogP contribution is 2.45. The molecule has 2 aliphatic rings. The zero-order valence-corrected chi connectivity index (χ0v) is 19.5. The number of pyridine rings is 1. The Balaban J connectivity index is 1.30. The second-order valence-electron chi connectivity index (χ2n) is 9.45. The van der Waals surface area contributed by atoms with E-state index in [1.165, 1.54) is 17.5 Å². The fourth-order valence-electron chi connectivity index (χ4n) is 5.18. The minimum atomic E-state index is -0.638. The van der Waals surface area contributed by atoms with E-state index in [1.54, 1.807) is 0 Å². The average Bonchev–Trinajstić information content (AvgIpc) is 3.48. The van der Waals surface area contributed by atoms with E-state index in [1.807, 2.05) is 39.2 Å². The molecule has 0 unspecified atom stereocenters. The Kier molecular flexibility index (Phi) is 4.82. The number of nitrogens with one attached hydrogen (secondary N) is 1. The standard InChI is InChI=1S/C26H28N6O2/c1-26(2)33-22-17(7-5-15-4-6-16-8-9-21(28-3)31-19(16)12-15)13-20(23(22)34-26)32-11-10-18-24(27)29-14-30-25(18)32/h4,6,8-14,20,22-23H,5,7H2,1-3H3,(H,28,31)(H2,27,29,30)/t20-,22-,23+/m1/s1. The van der Waals surface area contributed by atoms with E-state index in [4.69, 9.17) is 20.2 Å². The Labute approximate surface area is 197 Å². The number of hydrogen-bond acceptors (Lipinski definition) is 7. The van der Waals surface area contributed by atoms with Crippen LogP contribution in [0.2, 0.25) is 0 Å². The third kappa shape index (κ3) is 3.50. The molecule has 0 bridgehead atoms. The van der Waals surface area contributed by atoms with Crippen LogP contribution < -0.4 is 11.1 Å². The van der Waals surface area contributed by atoms with Crippen molar-refractivity contribution in [3.8, 4) is 0 Å². The first-order valence-corrected chi connectivity index (χ1v) is 11.6. The first kappa shape index (κ1) is 21.1. The van der Waals surface area contributed by atoms with Crippen LogP contribution in [0.3, 0.4) is 0 Å². The maximum atomic E-state index is 6.37. The van der Waals surface area contributed by atoms with Crippen LogP contribution in [0.1, 0.15) is 31.9 Å². The van der Waals surface area contributed by atoms with Gasteiger partial charge in [0.1, 0.15) is 35.8 Å². The minimum Gasteiger partial charge on any atom is -0.383 e. The number of aromatic nitrogens is 4. The number of fused-ring (bicyclic) bond motifs is 3. The van der Waals surface area contributed by atoms with Crippen LogP contribution in [-0.2, 0) is 15.9 Å². The zero-order valence-electron chi connectivity index (χ0n) is 19.5. The maximum absolute atomic E-state index is 6.37. The molecule has 0 amide bonds. The number of benzene rings is 1. The number of nitrogens with two attached hydrogens (primary N) is 1. The van der Waals surface area contributed by atoms with Gasteiger partial charge in [-0.05, 0) is 62.1 Å². The van der Waals surface area contributed by atoms with E-state index in [-0.39, 0.29) is 18.2 Å². The molecule has 34 heavy (non-hydrogen) atoms.